The van der Waals surface area contributed by atoms with Gasteiger partial charge in [-0.05, 0) is 42.8 Å². The number of carbonyl (C=O) groups excluding carboxylic acids is 2. The fraction of sp³-hybridized carbons (Fsp3) is 0.240. The highest BCUT2D eigenvalue weighted by atomic mass is 19.4. The highest BCUT2D eigenvalue weighted by Gasteiger charge is 2.59. The molecule has 3 heterocycles. The molecule has 1 aromatic heterocycles. The normalized spacial score (nSPS) is 21.1. The number of nitrogens with zero attached hydrogens (tertiary/aromatic N) is 1. The number of urea groups is 1. The molecular weight excluding hydrogens is 496 g/mol. The van der Waals surface area contributed by atoms with Crippen LogP contribution >= 0.6 is 0 Å². The third-order valence-electron chi connectivity index (χ3n) is 6.51. The van der Waals surface area contributed by atoms with Crippen molar-refractivity contribution in [3.8, 4) is 17.2 Å². The van der Waals surface area contributed by atoms with Gasteiger partial charge in [0.2, 0.25) is 5.91 Å². The van der Waals surface area contributed by atoms with Crippen LogP contribution in [0.15, 0.2) is 48.7 Å². The fourth-order valence-electron chi connectivity index (χ4n) is 4.71. The summed E-state index contributed by atoms with van der Waals surface area (Å²) in [7, 11) is 0. The van der Waals surface area contributed by atoms with E-state index < -0.39 is 35.3 Å². The molecule has 3 amide bonds. The number of alkyl halides is 3. The molecule has 6 rings (SSSR count). The number of rotatable bonds is 4. The van der Waals surface area contributed by atoms with Crippen molar-refractivity contribution < 1.29 is 36.6 Å². The van der Waals surface area contributed by atoms with E-state index in [1.807, 2.05) is 0 Å². The lowest BCUT2D eigenvalue weighted by Gasteiger charge is -2.19. The third-order valence-corrected chi connectivity index (χ3v) is 6.51. The first kappa shape index (κ1) is 23.1. The summed E-state index contributed by atoms with van der Waals surface area (Å²) in [5.41, 5.74) is -0.446. The van der Waals surface area contributed by atoms with E-state index >= 15 is 0 Å². The molecule has 3 aromatic rings. The van der Waals surface area contributed by atoms with Gasteiger partial charge in [-0.3, -0.25) is 4.79 Å². The third kappa shape index (κ3) is 4.17. The van der Waals surface area contributed by atoms with Gasteiger partial charge in [0.1, 0.15) is 29.2 Å². The number of carbonyl (C=O) groups is 2. The van der Waals surface area contributed by atoms with Gasteiger partial charge in [0.05, 0.1) is 23.2 Å². The molecule has 1 fully saturated rings. The van der Waals surface area contributed by atoms with Crippen molar-refractivity contribution in [3.63, 3.8) is 0 Å². The van der Waals surface area contributed by atoms with Crippen molar-refractivity contribution in [3.05, 3.63) is 71.2 Å². The van der Waals surface area contributed by atoms with Crippen molar-refractivity contribution >= 4 is 23.4 Å². The number of nitrogens with one attached hydrogen (secondary N) is 3. The summed E-state index contributed by atoms with van der Waals surface area (Å²) in [5, 5.41) is 7.50. The van der Waals surface area contributed by atoms with Crippen LogP contribution in [-0.2, 0) is 17.4 Å². The Kier molecular flexibility index (Phi) is 5.21. The second-order valence-electron chi connectivity index (χ2n) is 8.88. The van der Waals surface area contributed by atoms with E-state index in [-0.39, 0.29) is 17.9 Å². The maximum atomic E-state index is 14.2. The van der Waals surface area contributed by atoms with Crippen LogP contribution in [0, 0.1) is 5.82 Å². The smallest absolute Gasteiger partial charge is 0.419 e. The van der Waals surface area contributed by atoms with E-state index in [0.717, 1.165) is 23.3 Å². The lowest BCUT2D eigenvalue weighted by molar-refractivity contribution is -0.139. The Balaban J connectivity index is 1.14. The molecule has 190 valence electrons. The zero-order chi connectivity index (χ0) is 25.9. The Hall–Kier alpha value is -4.35. The molecule has 3 aliphatic rings. The molecule has 2 aliphatic heterocycles. The summed E-state index contributed by atoms with van der Waals surface area (Å²) in [4.78, 5) is 28.2. The number of fused-ring (bicyclic) bond motifs is 4. The zero-order valence-electron chi connectivity index (χ0n) is 18.9. The molecule has 8 nitrogen and oxygen atoms in total. The van der Waals surface area contributed by atoms with Crippen LogP contribution in [-0.4, -0.2) is 29.1 Å². The first-order chi connectivity index (χ1) is 17.7. The van der Waals surface area contributed by atoms with Crippen LogP contribution in [0.3, 0.4) is 0 Å². The lowest BCUT2D eigenvalue weighted by Crippen LogP contribution is -2.34. The molecule has 0 spiro atoms. The molecule has 3 N–H and O–H groups in total. The number of pyridine rings is 1. The zero-order valence-corrected chi connectivity index (χ0v) is 18.9. The molecule has 0 radical (unpaired) electrons. The number of aromatic nitrogens is 1. The van der Waals surface area contributed by atoms with E-state index in [9.17, 15) is 27.2 Å². The quantitative estimate of drug-likeness (QED) is 0.427. The van der Waals surface area contributed by atoms with Crippen molar-refractivity contribution in [1.29, 1.82) is 0 Å². The number of amides is 3. The van der Waals surface area contributed by atoms with E-state index in [2.05, 4.69) is 20.9 Å². The highest BCUT2D eigenvalue weighted by Crippen LogP contribution is 2.54. The summed E-state index contributed by atoms with van der Waals surface area (Å²) in [6.45, 7) is 0. The number of ether oxygens (including phenoxy) is 2. The van der Waals surface area contributed by atoms with Gasteiger partial charge < -0.3 is 25.4 Å². The summed E-state index contributed by atoms with van der Waals surface area (Å²) >= 11 is 0. The number of benzene rings is 2. The van der Waals surface area contributed by atoms with Gasteiger partial charge in [0.15, 0.2) is 5.82 Å². The van der Waals surface area contributed by atoms with Crippen LogP contribution in [0.1, 0.15) is 29.0 Å². The predicted octanol–water partition coefficient (Wildman–Crippen LogP) is 4.97. The molecule has 37 heavy (non-hydrogen) atoms. The number of hydrogen-bond acceptors (Lipinski definition) is 5. The molecule has 1 aliphatic carbocycles. The summed E-state index contributed by atoms with van der Waals surface area (Å²) in [5.74, 6) is 0.332. The summed E-state index contributed by atoms with van der Waals surface area (Å²) < 4.78 is 65.0. The minimum Gasteiger partial charge on any atom is -0.487 e. The van der Waals surface area contributed by atoms with Crippen molar-refractivity contribution in [2.24, 2.45) is 0 Å². The average Bonchev–Trinajstić information content (AvgIpc) is 3.35. The molecular formula is C25H18F4N4O4. The molecule has 1 saturated carbocycles. The summed E-state index contributed by atoms with van der Waals surface area (Å²) in [6, 6.07) is 8.37. The Morgan fingerprint density at radius 1 is 1.16 bits per heavy atom. The SMILES string of the molecule is O=C1CCc2c(Oc3ccc4c(c3)[C@@H]3C(O4)[C@H]3NC(=O)Nc3cccc(C(F)(F)F)c3F)ccnc2N1. The van der Waals surface area contributed by atoms with Crippen LogP contribution in [0.2, 0.25) is 0 Å². The minimum absolute atomic E-state index is 0.107. The Bertz CT molecular complexity index is 1440. The second kappa shape index (κ2) is 8.36. The Morgan fingerprint density at radius 2 is 2.00 bits per heavy atom. The standard InChI is InChI=1S/C25H18F4N4O4/c26-20-14(25(27,28)29)2-1-3-15(20)31-24(35)33-21-19-13-10-11(4-6-16(13)37-22(19)21)36-17-8-9-30-23-12(17)5-7-18(34)32-23/h1-4,6,8-10,19,21-22H,5,7H2,(H,30,32,34)(H2,31,33,35)/t19-,21-,22?/m0/s1. The van der Waals surface area contributed by atoms with E-state index in [0.29, 0.717) is 42.0 Å². The van der Waals surface area contributed by atoms with Gasteiger partial charge in [-0.15, -0.1) is 0 Å². The first-order valence-electron chi connectivity index (χ1n) is 11.4. The molecule has 3 atom stereocenters. The van der Waals surface area contributed by atoms with Crippen molar-refractivity contribution in [2.75, 3.05) is 10.6 Å². The minimum atomic E-state index is -4.88. The Labute approximate surface area is 207 Å². The van der Waals surface area contributed by atoms with E-state index in [1.54, 1.807) is 30.5 Å². The van der Waals surface area contributed by atoms with Crippen molar-refractivity contribution in [1.82, 2.24) is 10.3 Å². The topological polar surface area (TPSA) is 102 Å². The molecule has 1 unspecified atom stereocenters. The monoisotopic (exact) mass is 514 g/mol. The number of halogens is 4. The maximum Gasteiger partial charge on any atom is 0.419 e. The predicted molar refractivity (Wildman–Crippen MR) is 122 cm³/mol. The van der Waals surface area contributed by atoms with Gasteiger partial charge in [0, 0.05) is 23.7 Å². The fourth-order valence-corrected chi connectivity index (χ4v) is 4.71. The van der Waals surface area contributed by atoms with Gasteiger partial charge in [-0.25, -0.2) is 14.2 Å². The molecule has 0 saturated heterocycles. The average molecular weight is 514 g/mol. The van der Waals surface area contributed by atoms with Crippen LogP contribution in [0.25, 0.3) is 0 Å². The van der Waals surface area contributed by atoms with E-state index in [1.165, 1.54) is 0 Å². The maximum absolute atomic E-state index is 14.2. The molecule has 0 bridgehead atoms. The second-order valence-corrected chi connectivity index (χ2v) is 8.88. The molecule has 12 heteroatoms. The van der Waals surface area contributed by atoms with Gasteiger partial charge in [0.25, 0.3) is 0 Å². The van der Waals surface area contributed by atoms with Gasteiger partial charge in [-0.1, -0.05) is 6.07 Å². The van der Waals surface area contributed by atoms with Crippen molar-refractivity contribution in [2.45, 2.75) is 37.1 Å². The van der Waals surface area contributed by atoms with Gasteiger partial charge in [-0.2, -0.15) is 13.2 Å². The Morgan fingerprint density at radius 3 is 2.81 bits per heavy atom. The van der Waals surface area contributed by atoms with Crippen LogP contribution in [0.4, 0.5) is 33.9 Å². The van der Waals surface area contributed by atoms with Crippen LogP contribution < -0.4 is 25.4 Å². The molecule has 2 aromatic carbocycles. The summed E-state index contributed by atoms with van der Waals surface area (Å²) in [6.07, 6.45) is -2.87. The largest absolute Gasteiger partial charge is 0.487 e. The number of hydrogen-bond donors (Lipinski definition) is 3. The van der Waals surface area contributed by atoms with Gasteiger partial charge >= 0.3 is 12.2 Å². The highest BCUT2D eigenvalue weighted by molar-refractivity contribution is 5.93. The van der Waals surface area contributed by atoms with E-state index in [4.69, 9.17) is 9.47 Å². The first-order valence-corrected chi connectivity index (χ1v) is 11.4. The lowest BCUT2D eigenvalue weighted by atomic mass is 10.1. The van der Waals surface area contributed by atoms with Crippen LogP contribution in [0.5, 0.6) is 17.2 Å². The number of anilines is 2.